The summed E-state index contributed by atoms with van der Waals surface area (Å²) < 4.78 is 1.35. The molecule has 1 rings (SSSR count). The van der Waals surface area contributed by atoms with Crippen molar-refractivity contribution in [3.8, 4) is 0 Å². The summed E-state index contributed by atoms with van der Waals surface area (Å²) in [6.07, 6.45) is 0. The number of aliphatic hydroxyl groups is 1. The molecule has 66 valence electrons. The van der Waals surface area contributed by atoms with Crippen LogP contribution in [-0.4, -0.2) is 21.5 Å². The summed E-state index contributed by atoms with van der Waals surface area (Å²) in [5, 5.41) is 15.2. The van der Waals surface area contributed by atoms with E-state index in [0.29, 0.717) is 5.69 Å². The molecule has 0 spiro atoms. The van der Waals surface area contributed by atoms with Crippen LogP contribution in [0.5, 0.6) is 0 Å². The smallest absolute Gasteiger partial charge is 0.172 e. The Bertz CT molecular complexity index is 294. The predicted molar refractivity (Wildman–Crippen MR) is 43.9 cm³/mol. The summed E-state index contributed by atoms with van der Waals surface area (Å²) >= 11 is 0. The van der Waals surface area contributed by atoms with Gasteiger partial charge in [0.25, 0.3) is 0 Å². The number of nitrogens with zero attached hydrogens (tertiary/aromatic N) is 3. The van der Waals surface area contributed by atoms with Crippen LogP contribution in [0.4, 0.5) is 11.5 Å². The first kappa shape index (κ1) is 8.66. The number of nitrogens with two attached hydrogens (primary N) is 1. The van der Waals surface area contributed by atoms with Gasteiger partial charge in [0.1, 0.15) is 0 Å². The Morgan fingerprint density at radius 2 is 2.42 bits per heavy atom. The topological polar surface area (TPSA) is 93.5 Å². The highest BCUT2D eigenvalue weighted by Gasteiger charge is 2.11. The molecule has 12 heavy (non-hydrogen) atoms. The Balaban J connectivity index is 3.08. The van der Waals surface area contributed by atoms with Crippen LogP contribution in [0.1, 0.15) is 5.69 Å². The summed E-state index contributed by atoms with van der Waals surface area (Å²) in [7, 11) is 0. The molecule has 0 atom stereocenters. The lowest BCUT2D eigenvalue weighted by Gasteiger charge is -1.98. The van der Waals surface area contributed by atoms with Gasteiger partial charge in [-0.25, -0.2) is 4.68 Å². The molecule has 0 radical (unpaired) electrons. The van der Waals surface area contributed by atoms with Gasteiger partial charge in [0, 0.05) is 0 Å². The molecule has 1 aromatic rings. The summed E-state index contributed by atoms with van der Waals surface area (Å²) in [6, 6.07) is 0. The van der Waals surface area contributed by atoms with Crippen molar-refractivity contribution in [2.24, 2.45) is 5.18 Å². The fourth-order valence-corrected chi connectivity index (χ4v) is 0.968. The maximum absolute atomic E-state index is 10.2. The minimum absolute atomic E-state index is 0.0659. The number of aryl methyl sites for hydroxylation is 1. The van der Waals surface area contributed by atoms with E-state index in [9.17, 15) is 4.91 Å². The Morgan fingerprint density at radius 1 is 1.75 bits per heavy atom. The van der Waals surface area contributed by atoms with E-state index in [0.717, 1.165) is 0 Å². The normalized spacial score (nSPS) is 10.2. The van der Waals surface area contributed by atoms with E-state index in [1.54, 1.807) is 6.92 Å². The van der Waals surface area contributed by atoms with Gasteiger partial charge in [-0.1, -0.05) is 0 Å². The fourth-order valence-electron chi connectivity index (χ4n) is 0.968. The first-order chi connectivity index (χ1) is 5.70. The zero-order valence-electron chi connectivity index (χ0n) is 6.69. The first-order valence-corrected chi connectivity index (χ1v) is 3.47. The SMILES string of the molecule is Cc1nn(CCO)c(N)c1N=O. The molecule has 0 aliphatic rings. The van der Waals surface area contributed by atoms with Crippen molar-refractivity contribution in [1.29, 1.82) is 0 Å². The van der Waals surface area contributed by atoms with Gasteiger partial charge >= 0.3 is 0 Å². The van der Waals surface area contributed by atoms with Gasteiger partial charge in [-0.15, -0.1) is 4.91 Å². The summed E-state index contributed by atoms with van der Waals surface area (Å²) in [6.45, 7) is 1.85. The molecular formula is C6H10N4O2. The molecule has 0 aliphatic heterocycles. The number of hydrogen-bond donors (Lipinski definition) is 2. The van der Waals surface area contributed by atoms with Crippen molar-refractivity contribution in [2.45, 2.75) is 13.5 Å². The van der Waals surface area contributed by atoms with Crippen LogP contribution >= 0.6 is 0 Å². The fraction of sp³-hybridized carbons (Fsp3) is 0.500. The van der Waals surface area contributed by atoms with Gasteiger partial charge in [0.2, 0.25) is 0 Å². The molecule has 0 unspecified atom stereocenters. The average molecular weight is 170 g/mol. The van der Waals surface area contributed by atoms with Crippen molar-refractivity contribution in [3.05, 3.63) is 10.6 Å². The maximum Gasteiger partial charge on any atom is 0.172 e. The molecule has 3 N–H and O–H groups in total. The van der Waals surface area contributed by atoms with E-state index in [1.807, 2.05) is 0 Å². The Kier molecular flexibility index (Phi) is 2.39. The highest BCUT2D eigenvalue weighted by atomic mass is 16.3. The standard InChI is InChI=1S/C6H10N4O2/c1-4-5(9-12)6(7)10(8-4)2-3-11/h11H,2-3,7H2,1H3. The van der Waals surface area contributed by atoms with Crippen LogP contribution in [0, 0.1) is 11.8 Å². The quantitative estimate of drug-likeness (QED) is 0.632. The lowest BCUT2D eigenvalue weighted by atomic mass is 10.4. The Hall–Kier alpha value is -1.43. The molecule has 0 amide bonds. The lowest BCUT2D eigenvalue weighted by Crippen LogP contribution is -2.07. The van der Waals surface area contributed by atoms with Crippen molar-refractivity contribution in [1.82, 2.24) is 9.78 Å². The van der Waals surface area contributed by atoms with Crippen LogP contribution in [0.2, 0.25) is 0 Å². The number of nitrogen functional groups attached to an aromatic ring is 1. The van der Waals surface area contributed by atoms with E-state index in [-0.39, 0.29) is 24.7 Å². The van der Waals surface area contributed by atoms with E-state index in [1.165, 1.54) is 4.68 Å². The molecule has 0 fully saturated rings. The molecule has 6 nitrogen and oxygen atoms in total. The van der Waals surface area contributed by atoms with Gasteiger partial charge in [0.05, 0.1) is 18.8 Å². The second kappa shape index (κ2) is 3.31. The van der Waals surface area contributed by atoms with Crippen LogP contribution in [0.25, 0.3) is 0 Å². The molecule has 6 heteroatoms. The Labute approximate surface area is 69.0 Å². The number of aromatic nitrogens is 2. The molecular weight excluding hydrogens is 160 g/mol. The van der Waals surface area contributed by atoms with Crippen LogP contribution in [0.15, 0.2) is 5.18 Å². The number of aliphatic hydroxyl groups excluding tert-OH is 1. The van der Waals surface area contributed by atoms with Gasteiger partial charge in [-0.2, -0.15) is 5.10 Å². The monoisotopic (exact) mass is 170 g/mol. The molecule has 0 bridgehead atoms. The summed E-state index contributed by atoms with van der Waals surface area (Å²) in [4.78, 5) is 10.2. The third kappa shape index (κ3) is 1.28. The van der Waals surface area contributed by atoms with E-state index in [2.05, 4.69) is 10.3 Å². The predicted octanol–water partition coefficient (Wildman–Crippen LogP) is 0.164. The minimum atomic E-state index is -0.0659. The van der Waals surface area contributed by atoms with Crippen LogP contribution in [-0.2, 0) is 6.54 Å². The second-order valence-electron chi connectivity index (χ2n) is 2.36. The van der Waals surface area contributed by atoms with Gasteiger partial charge in [-0.05, 0) is 12.1 Å². The summed E-state index contributed by atoms with van der Waals surface area (Å²) in [5.74, 6) is 0.205. The minimum Gasteiger partial charge on any atom is -0.394 e. The molecule has 0 aliphatic carbocycles. The summed E-state index contributed by atoms with van der Waals surface area (Å²) in [5.41, 5.74) is 6.13. The Morgan fingerprint density at radius 3 is 2.83 bits per heavy atom. The van der Waals surface area contributed by atoms with Crippen molar-refractivity contribution >= 4 is 11.5 Å². The van der Waals surface area contributed by atoms with Gasteiger partial charge in [0.15, 0.2) is 11.5 Å². The zero-order chi connectivity index (χ0) is 9.14. The first-order valence-electron chi connectivity index (χ1n) is 3.47. The number of rotatable bonds is 3. The van der Waals surface area contributed by atoms with Crippen molar-refractivity contribution < 1.29 is 5.11 Å². The zero-order valence-corrected chi connectivity index (χ0v) is 6.69. The van der Waals surface area contributed by atoms with Gasteiger partial charge in [-0.3, -0.25) is 0 Å². The molecule has 0 saturated heterocycles. The third-order valence-electron chi connectivity index (χ3n) is 1.54. The van der Waals surface area contributed by atoms with Crippen LogP contribution < -0.4 is 5.73 Å². The van der Waals surface area contributed by atoms with E-state index in [4.69, 9.17) is 10.8 Å². The number of hydrogen-bond acceptors (Lipinski definition) is 5. The number of nitroso groups, excluding NO2 is 1. The number of anilines is 1. The maximum atomic E-state index is 10.2. The average Bonchev–Trinajstić information content (AvgIpc) is 2.29. The molecule has 1 heterocycles. The van der Waals surface area contributed by atoms with E-state index < -0.39 is 0 Å². The van der Waals surface area contributed by atoms with Crippen molar-refractivity contribution in [3.63, 3.8) is 0 Å². The van der Waals surface area contributed by atoms with Gasteiger partial charge < -0.3 is 10.8 Å². The van der Waals surface area contributed by atoms with Crippen LogP contribution in [0.3, 0.4) is 0 Å². The molecule has 0 aromatic carbocycles. The second-order valence-corrected chi connectivity index (χ2v) is 2.36. The molecule has 0 saturated carbocycles. The largest absolute Gasteiger partial charge is 0.394 e. The lowest BCUT2D eigenvalue weighted by molar-refractivity contribution is 0.270. The third-order valence-corrected chi connectivity index (χ3v) is 1.54. The molecule has 1 aromatic heterocycles. The highest BCUT2D eigenvalue weighted by Crippen LogP contribution is 2.24. The van der Waals surface area contributed by atoms with E-state index >= 15 is 0 Å². The highest BCUT2D eigenvalue weighted by molar-refractivity contribution is 5.60. The van der Waals surface area contributed by atoms with Crippen molar-refractivity contribution in [2.75, 3.05) is 12.3 Å².